The van der Waals surface area contributed by atoms with E-state index in [1.165, 1.54) is 89.9 Å². The fourth-order valence-electron chi connectivity index (χ4n) is 6.20. The molecule has 0 bridgehead atoms. The zero-order valence-electron chi connectivity index (χ0n) is 34.9. The minimum atomic E-state index is -1.13. The molecule has 0 saturated carbocycles. The third-order valence-corrected chi connectivity index (χ3v) is 9.54. The molecule has 0 saturated heterocycles. The van der Waals surface area contributed by atoms with Crippen LogP contribution in [0.15, 0.2) is 36.5 Å². The smallest absolute Gasteiger partial charge is 0.306 e. The number of aliphatic carboxylic acids is 1. The van der Waals surface area contributed by atoms with E-state index in [4.69, 9.17) is 14.2 Å². The Hall–Kier alpha value is -2.45. The highest BCUT2D eigenvalue weighted by Crippen LogP contribution is 2.14. The van der Waals surface area contributed by atoms with Crippen LogP contribution in [-0.4, -0.2) is 75.5 Å². The number of nitrogens with zero attached hydrogens (tertiary/aromatic N) is 1. The van der Waals surface area contributed by atoms with E-state index in [-0.39, 0.29) is 42.7 Å². The highest BCUT2D eigenvalue weighted by atomic mass is 16.6. The Morgan fingerprint density at radius 3 is 1.57 bits per heavy atom. The summed E-state index contributed by atoms with van der Waals surface area (Å²) in [6.07, 6.45) is 40.4. The number of hydrogen-bond acceptors (Lipinski definition) is 7. The van der Waals surface area contributed by atoms with Crippen LogP contribution in [0.5, 0.6) is 0 Å². The van der Waals surface area contributed by atoms with Gasteiger partial charge in [-0.2, -0.15) is 0 Å². The molecule has 8 heteroatoms. The van der Waals surface area contributed by atoms with E-state index in [0.717, 1.165) is 57.8 Å². The molecule has 0 N–H and O–H groups in total. The maximum absolute atomic E-state index is 12.6. The summed E-state index contributed by atoms with van der Waals surface area (Å²) >= 11 is 0. The van der Waals surface area contributed by atoms with Crippen LogP contribution in [0.2, 0.25) is 0 Å². The number of hydrogen-bond donors (Lipinski definition) is 0. The van der Waals surface area contributed by atoms with Crippen LogP contribution < -0.4 is 5.11 Å². The molecule has 0 spiro atoms. The maximum Gasteiger partial charge on any atom is 0.306 e. The van der Waals surface area contributed by atoms with Crippen molar-refractivity contribution in [3.05, 3.63) is 36.5 Å². The van der Waals surface area contributed by atoms with E-state index in [2.05, 4.69) is 50.3 Å². The van der Waals surface area contributed by atoms with Gasteiger partial charge in [0.15, 0.2) is 6.10 Å². The molecule has 0 amide bonds. The van der Waals surface area contributed by atoms with Gasteiger partial charge in [0.05, 0.1) is 40.3 Å². The highest BCUT2D eigenvalue weighted by Gasteiger charge is 2.25. The molecule has 0 rings (SSSR count). The van der Waals surface area contributed by atoms with Crippen molar-refractivity contribution in [2.45, 2.75) is 193 Å². The van der Waals surface area contributed by atoms with Gasteiger partial charge in [-0.05, 0) is 44.9 Å². The second kappa shape index (κ2) is 36.5. The Morgan fingerprint density at radius 1 is 0.585 bits per heavy atom. The third kappa shape index (κ3) is 35.0. The Kier molecular flexibility index (Phi) is 34.8. The van der Waals surface area contributed by atoms with Crippen molar-refractivity contribution < 1.29 is 38.2 Å². The van der Waals surface area contributed by atoms with Crippen molar-refractivity contribution in [2.24, 2.45) is 0 Å². The van der Waals surface area contributed by atoms with E-state index in [0.29, 0.717) is 12.8 Å². The number of unbranched alkanes of at least 4 members (excludes halogenated alkanes) is 18. The number of carboxylic acids is 1. The Bertz CT molecular complexity index is 968. The largest absolute Gasteiger partial charge is 0.544 e. The van der Waals surface area contributed by atoms with Gasteiger partial charge in [-0.3, -0.25) is 9.59 Å². The van der Waals surface area contributed by atoms with Crippen LogP contribution in [-0.2, 0) is 28.6 Å². The first-order valence-electron chi connectivity index (χ1n) is 21.5. The lowest BCUT2D eigenvalue weighted by Gasteiger charge is -2.34. The second-order valence-electron chi connectivity index (χ2n) is 15.6. The molecule has 0 fully saturated rings. The first-order chi connectivity index (χ1) is 25.6. The molecular formula is C45H81NO7. The predicted octanol–water partition coefficient (Wildman–Crippen LogP) is 10.1. The fraction of sp³-hybridized carbons (Fsp3) is 0.800. The molecule has 0 aliphatic rings. The SMILES string of the molecule is CC/C=C/C/C=C/C/C=C/CCCCCCCCCCCCCC(=O)OCC(COCCC(C(=O)[O-])[N+](C)(C)C)OC(=O)CCCCCCCCCC. The average Bonchev–Trinajstić information content (AvgIpc) is 3.11. The molecule has 2 unspecified atom stereocenters. The van der Waals surface area contributed by atoms with Crippen molar-refractivity contribution in [3.63, 3.8) is 0 Å². The van der Waals surface area contributed by atoms with Gasteiger partial charge in [0, 0.05) is 19.3 Å². The fourth-order valence-corrected chi connectivity index (χ4v) is 6.20. The predicted molar refractivity (Wildman–Crippen MR) is 217 cm³/mol. The van der Waals surface area contributed by atoms with Gasteiger partial charge in [0.25, 0.3) is 0 Å². The zero-order chi connectivity index (χ0) is 39.3. The standard InChI is InChI=1S/C45H81NO7/c1-6-8-10-12-14-16-17-18-19-20-21-22-23-24-25-26-27-28-30-31-33-35-43(47)52-40-41(39-51-38-37-42(45(49)50)46(3,4)5)53-44(48)36-34-32-29-15-13-11-9-7-2/h8,10,14,16,18-19,41-42H,6-7,9,11-13,15,17,20-40H2,1-5H3/b10-8+,16-14+,19-18+. The van der Waals surface area contributed by atoms with Gasteiger partial charge in [-0.25, -0.2) is 0 Å². The lowest BCUT2D eigenvalue weighted by atomic mass is 10.0. The summed E-state index contributed by atoms with van der Waals surface area (Å²) in [7, 11) is 5.40. The molecule has 0 aromatic carbocycles. The molecule has 0 aromatic rings. The van der Waals surface area contributed by atoms with Gasteiger partial charge in [0.1, 0.15) is 12.6 Å². The second-order valence-corrected chi connectivity index (χ2v) is 15.6. The summed E-state index contributed by atoms with van der Waals surface area (Å²) in [5.74, 6) is -1.74. The number of carbonyl (C=O) groups excluding carboxylic acids is 3. The molecule has 0 aliphatic heterocycles. The number of carboxylic acid groups (broad SMARTS) is 1. The summed E-state index contributed by atoms with van der Waals surface area (Å²) in [6.45, 7) is 4.52. The number of quaternary nitrogens is 1. The third-order valence-electron chi connectivity index (χ3n) is 9.54. The summed E-state index contributed by atoms with van der Waals surface area (Å²) in [5.41, 5.74) is 0. The molecule has 0 heterocycles. The lowest BCUT2D eigenvalue weighted by Crippen LogP contribution is -2.55. The molecule has 0 aromatic heterocycles. The number of esters is 2. The first-order valence-corrected chi connectivity index (χ1v) is 21.5. The van der Waals surface area contributed by atoms with Crippen LogP contribution >= 0.6 is 0 Å². The maximum atomic E-state index is 12.6. The minimum absolute atomic E-state index is 0.0422. The van der Waals surface area contributed by atoms with Crippen molar-refractivity contribution >= 4 is 17.9 Å². The Labute approximate surface area is 325 Å². The number of allylic oxidation sites excluding steroid dienone is 6. The monoisotopic (exact) mass is 748 g/mol. The highest BCUT2D eigenvalue weighted by molar-refractivity contribution is 5.70. The summed E-state index contributed by atoms with van der Waals surface area (Å²) in [4.78, 5) is 36.7. The van der Waals surface area contributed by atoms with E-state index in [1.54, 1.807) is 21.1 Å². The molecule has 53 heavy (non-hydrogen) atoms. The van der Waals surface area contributed by atoms with Crippen molar-refractivity contribution in [1.82, 2.24) is 0 Å². The van der Waals surface area contributed by atoms with Crippen molar-refractivity contribution in [2.75, 3.05) is 41.0 Å². The quantitative estimate of drug-likeness (QED) is 0.0268. The van der Waals surface area contributed by atoms with Crippen LogP contribution in [0.1, 0.15) is 181 Å². The Balaban J connectivity index is 4.18. The summed E-state index contributed by atoms with van der Waals surface area (Å²) in [5, 5.41) is 11.6. The van der Waals surface area contributed by atoms with Gasteiger partial charge in [-0.15, -0.1) is 0 Å². The van der Waals surface area contributed by atoms with Gasteiger partial charge in [-0.1, -0.05) is 153 Å². The van der Waals surface area contributed by atoms with E-state index >= 15 is 0 Å². The number of rotatable bonds is 38. The normalized spacial score (nSPS) is 13.3. The van der Waals surface area contributed by atoms with Crippen LogP contribution in [0, 0.1) is 0 Å². The number of carbonyl (C=O) groups is 3. The molecule has 0 radical (unpaired) electrons. The Morgan fingerprint density at radius 2 is 1.06 bits per heavy atom. The summed E-state index contributed by atoms with van der Waals surface area (Å²) < 4.78 is 17.1. The van der Waals surface area contributed by atoms with Crippen LogP contribution in [0.4, 0.5) is 0 Å². The number of ether oxygens (including phenoxy) is 3. The van der Waals surface area contributed by atoms with Crippen molar-refractivity contribution in [3.8, 4) is 0 Å². The van der Waals surface area contributed by atoms with E-state index < -0.39 is 18.1 Å². The van der Waals surface area contributed by atoms with Gasteiger partial charge >= 0.3 is 11.9 Å². The van der Waals surface area contributed by atoms with E-state index in [9.17, 15) is 19.5 Å². The molecule has 8 nitrogen and oxygen atoms in total. The topological polar surface area (TPSA) is 102 Å². The minimum Gasteiger partial charge on any atom is -0.544 e. The number of likely N-dealkylation sites (N-methyl/N-ethyl adjacent to an activating group) is 1. The van der Waals surface area contributed by atoms with Crippen LogP contribution in [0.25, 0.3) is 0 Å². The van der Waals surface area contributed by atoms with E-state index in [1.807, 2.05) is 0 Å². The lowest BCUT2D eigenvalue weighted by molar-refractivity contribution is -0.889. The molecule has 0 aliphatic carbocycles. The average molecular weight is 748 g/mol. The summed E-state index contributed by atoms with van der Waals surface area (Å²) in [6, 6.07) is -0.722. The van der Waals surface area contributed by atoms with Gasteiger partial charge < -0.3 is 28.6 Å². The molecule has 308 valence electrons. The van der Waals surface area contributed by atoms with Crippen molar-refractivity contribution in [1.29, 1.82) is 0 Å². The van der Waals surface area contributed by atoms with Gasteiger partial charge in [0.2, 0.25) is 0 Å². The first kappa shape index (κ1) is 50.5. The van der Waals surface area contributed by atoms with Crippen LogP contribution in [0.3, 0.4) is 0 Å². The molecule has 2 atom stereocenters. The zero-order valence-corrected chi connectivity index (χ0v) is 34.9. The molecular weight excluding hydrogens is 666 g/mol.